The Morgan fingerprint density at radius 3 is 1.58 bits per heavy atom. The van der Waals surface area contributed by atoms with Gasteiger partial charge in [-0.05, 0) is 57.1 Å². The van der Waals surface area contributed by atoms with Gasteiger partial charge in [-0.3, -0.25) is 9.97 Å². The number of rotatable bonds is 5. The molecule has 0 aliphatic rings. The Kier molecular flexibility index (Phi) is 6.22. The number of hydrogen-bond acceptors (Lipinski definition) is 2. The summed E-state index contributed by atoms with van der Waals surface area (Å²) in [4.78, 5) is 9.03. The minimum Gasteiger partial charge on any atom is -0.264 e. The standard InChI is InChI=1S/C35H30N2Si/c1-38(2,3)34-18-16-26(17-19-34)25-6-8-27(9-7-25)30-14-15-31-21-33(24-37-35(31)22-30)29-12-10-28(11-13-29)32-5-4-20-36-23-32/h4-24H,1-3H3. The maximum atomic E-state index is 4.81. The second kappa shape index (κ2) is 9.84. The van der Waals surface area contributed by atoms with Crippen LogP contribution in [0, 0.1) is 0 Å². The summed E-state index contributed by atoms with van der Waals surface area (Å²) in [5.74, 6) is 0. The van der Waals surface area contributed by atoms with Gasteiger partial charge in [0.25, 0.3) is 0 Å². The fourth-order valence-corrected chi connectivity index (χ4v) is 6.03. The van der Waals surface area contributed by atoms with E-state index in [2.05, 4.69) is 128 Å². The van der Waals surface area contributed by atoms with Crippen LogP contribution in [0.1, 0.15) is 0 Å². The monoisotopic (exact) mass is 506 g/mol. The Morgan fingerprint density at radius 1 is 0.474 bits per heavy atom. The average molecular weight is 507 g/mol. The second-order valence-corrected chi connectivity index (χ2v) is 15.9. The summed E-state index contributed by atoms with van der Waals surface area (Å²) < 4.78 is 0. The smallest absolute Gasteiger partial charge is 0.0775 e. The Hall–Kier alpha value is -4.34. The zero-order chi connectivity index (χ0) is 26.1. The third kappa shape index (κ3) is 4.93. The minimum atomic E-state index is -1.28. The third-order valence-electron chi connectivity index (χ3n) is 7.20. The normalized spacial score (nSPS) is 11.6. The van der Waals surface area contributed by atoms with E-state index in [1.165, 1.54) is 27.4 Å². The van der Waals surface area contributed by atoms with Crippen LogP contribution in [0.5, 0.6) is 0 Å². The van der Waals surface area contributed by atoms with Crippen LogP contribution in [-0.4, -0.2) is 18.0 Å². The van der Waals surface area contributed by atoms with Gasteiger partial charge >= 0.3 is 0 Å². The number of aromatic nitrogens is 2. The fourth-order valence-electron chi connectivity index (χ4n) is 4.87. The summed E-state index contributed by atoms with van der Waals surface area (Å²) in [5, 5.41) is 2.63. The van der Waals surface area contributed by atoms with Crippen molar-refractivity contribution in [1.29, 1.82) is 0 Å². The molecule has 0 saturated carbocycles. The lowest BCUT2D eigenvalue weighted by atomic mass is 9.98. The molecule has 0 spiro atoms. The van der Waals surface area contributed by atoms with Crippen LogP contribution in [0.3, 0.4) is 0 Å². The van der Waals surface area contributed by atoms with Gasteiger partial charge in [0.2, 0.25) is 0 Å². The largest absolute Gasteiger partial charge is 0.264 e. The van der Waals surface area contributed by atoms with E-state index in [0.29, 0.717) is 0 Å². The molecule has 2 aromatic heterocycles. The third-order valence-corrected chi connectivity index (χ3v) is 9.27. The molecule has 0 saturated heterocycles. The van der Waals surface area contributed by atoms with Gasteiger partial charge < -0.3 is 0 Å². The predicted octanol–water partition coefficient (Wildman–Crippen LogP) is 8.84. The van der Waals surface area contributed by atoms with E-state index < -0.39 is 8.07 Å². The molecule has 0 N–H and O–H groups in total. The molecule has 3 heteroatoms. The summed E-state index contributed by atoms with van der Waals surface area (Å²) >= 11 is 0. The quantitative estimate of drug-likeness (QED) is 0.218. The molecule has 2 nitrogen and oxygen atoms in total. The topological polar surface area (TPSA) is 25.8 Å². The first-order chi connectivity index (χ1) is 18.4. The number of benzene rings is 4. The lowest BCUT2D eigenvalue weighted by Gasteiger charge is -2.16. The van der Waals surface area contributed by atoms with Crippen LogP contribution in [0.15, 0.2) is 128 Å². The highest BCUT2D eigenvalue weighted by Gasteiger charge is 2.15. The number of fused-ring (bicyclic) bond motifs is 1. The molecule has 0 amide bonds. The first kappa shape index (κ1) is 24.0. The van der Waals surface area contributed by atoms with Crippen LogP contribution in [-0.2, 0) is 0 Å². The number of pyridine rings is 2. The molecule has 4 aromatic carbocycles. The van der Waals surface area contributed by atoms with E-state index in [-0.39, 0.29) is 0 Å². The first-order valence-corrected chi connectivity index (χ1v) is 16.6. The lowest BCUT2D eigenvalue weighted by Crippen LogP contribution is -2.37. The molecule has 0 bridgehead atoms. The molecule has 0 aliphatic heterocycles. The van der Waals surface area contributed by atoms with E-state index in [9.17, 15) is 0 Å². The molecule has 0 atom stereocenters. The van der Waals surface area contributed by atoms with Gasteiger partial charge in [0, 0.05) is 29.5 Å². The maximum absolute atomic E-state index is 4.81. The van der Waals surface area contributed by atoms with Gasteiger partial charge in [0.05, 0.1) is 13.6 Å². The van der Waals surface area contributed by atoms with Gasteiger partial charge in [-0.1, -0.05) is 116 Å². The highest BCUT2D eigenvalue weighted by molar-refractivity contribution is 6.88. The van der Waals surface area contributed by atoms with Crippen LogP contribution in [0.4, 0.5) is 0 Å². The Morgan fingerprint density at radius 2 is 1.00 bits per heavy atom. The van der Waals surface area contributed by atoms with E-state index in [0.717, 1.165) is 33.2 Å². The summed E-state index contributed by atoms with van der Waals surface area (Å²) in [6.45, 7) is 7.16. The van der Waals surface area contributed by atoms with Crippen LogP contribution in [0.25, 0.3) is 55.4 Å². The minimum absolute atomic E-state index is 1.00. The summed E-state index contributed by atoms with van der Waals surface area (Å²) in [5.41, 5.74) is 10.5. The molecular weight excluding hydrogens is 476 g/mol. The summed E-state index contributed by atoms with van der Waals surface area (Å²) in [7, 11) is -1.28. The maximum Gasteiger partial charge on any atom is 0.0775 e. The van der Waals surface area contributed by atoms with Crippen molar-refractivity contribution in [3.05, 3.63) is 128 Å². The van der Waals surface area contributed by atoms with Crippen LogP contribution < -0.4 is 5.19 Å². The Bertz CT molecular complexity index is 1700. The highest BCUT2D eigenvalue weighted by atomic mass is 28.3. The number of nitrogens with zero attached hydrogens (tertiary/aromatic N) is 2. The predicted molar refractivity (Wildman–Crippen MR) is 164 cm³/mol. The SMILES string of the molecule is C[Si](C)(C)c1ccc(-c2ccc(-c3ccc4cc(-c5ccc(-c6cccnc6)cc5)cnc4c3)cc2)cc1. The fraction of sp³-hybridized carbons (Fsp3) is 0.0857. The average Bonchev–Trinajstić information content (AvgIpc) is 2.97. The molecular formula is C35H30N2Si. The van der Waals surface area contributed by atoms with Crippen molar-refractivity contribution in [1.82, 2.24) is 9.97 Å². The van der Waals surface area contributed by atoms with E-state index in [1.807, 2.05) is 18.5 Å². The molecule has 0 fully saturated rings. The molecule has 38 heavy (non-hydrogen) atoms. The molecule has 184 valence electrons. The zero-order valence-corrected chi connectivity index (χ0v) is 23.0. The van der Waals surface area contributed by atoms with Gasteiger partial charge in [0.1, 0.15) is 0 Å². The van der Waals surface area contributed by atoms with Gasteiger partial charge in [-0.15, -0.1) is 0 Å². The highest BCUT2D eigenvalue weighted by Crippen LogP contribution is 2.30. The molecule has 2 heterocycles. The van der Waals surface area contributed by atoms with Gasteiger partial charge in [0.15, 0.2) is 0 Å². The first-order valence-electron chi connectivity index (χ1n) is 13.1. The molecule has 0 radical (unpaired) electrons. The second-order valence-electron chi connectivity index (χ2n) is 10.9. The molecule has 0 aliphatic carbocycles. The van der Waals surface area contributed by atoms with E-state index in [1.54, 1.807) is 6.20 Å². The van der Waals surface area contributed by atoms with E-state index >= 15 is 0 Å². The van der Waals surface area contributed by atoms with E-state index in [4.69, 9.17) is 4.98 Å². The Balaban J connectivity index is 1.23. The van der Waals surface area contributed by atoms with Crippen molar-refractivity contribution in [3.8, 4) is 44.5 Å². The van der Waals surface area contributed by atoms with Crippen molar-refractivity contribution in [3.63, 3.8) is 0 Å². The summed E-state index contributed by atoms with van der Waals surface area (Å²) in [6.07, 6.45) is 5.66. The Labute approximate surface area is 225 Å². The van der Waals surface area contributed by atoms with Gasteiger partial charge in [-0.25, -0.2) is 0 Å². The van der Waals surface area contributed by atoms with Gasteiger partial charge in [-0.2, -0.15) is 0 Å². The van der Waals surface area contributed by atoms with Crippen LogP contribution in [0.2, 0.25) is 19.6 Å². The molecule has 0 unspecified atom stereocenters. The van der Waals surface area contributed by atoms with Crippen molar-refractivity contribution >= 4 is 24.2 Å². The number of hydrogen-bond donors (Lipinski definition) is 0. The lowest BCUT2D eigenvalue weighted by molar-refractivity contribution is 1.33. The van der Waals surface area contributed by atoms with Crippen LogP contribution >= 0.6 is 0 Å². The van der Waals surface area contributed by atoms with Crippen molar-refractivity contribution in [2.45, 2.75) is 19.6 Å². The summed E-state index contributed by atoms with van der Waals surface area (Å²) in [6, 6.07) is 39.4. The molecule has 6 aromatic rings. The van der Waals surface area contributed by atoms with Crippen molar-refractivity contribution in [2.24, 2.45) is 0 Å². The molecule has 6 rings (SSSR count). The van der Waals surface area contributed by atoms with Crippen molar-refractivity contribution in [2.75, 3.05) is 0 Å². The zero-order valence-electron chi connectivity index (χ0n) is 22.0. The van der Waals surface area contributed by atoms with Crippen molar-refractivity contribution < 1.29 is 0 Å².